The van der Waals surface area contributed by atoms with Crippen LogP contribution in [0.1, 0.15) is 32.8 Å². The summed E-state index contributed by atoms with van der Waals surface area (Å²) in [6, 6.07) is 3.66. The Labute approximate surface area is 244 Å². The Balaban J connectivity index is 1.69. The highest BCUT2D eigenvalue weighted by Gasteiger charge is 2.54. The third-order valence-corrected chi connectivity index (χ3v) is 8.26. The minimum absolute atomic E-state index is 0.124. The van der Waals surface area contributed by atoms with Crippen molar-refractivity contribution >= 4 is 21.9 Å². The van der Waals surface area contributed by atoms with Gasteiger partial charge in [0.1, 0.15) is 23.1 Å². The topological polar surface area (TPSA) is 121 Å². The number of likely N-dealkylation sites (tertiary alicyclic amines) is 1. The van der Waals surface area contributed by atoms with Crippen molar-refractivity contribution in [3.63, 3.8) is 0 Å². The van der Waals surface area contributed by atoms with Crippen molar-refractivity contribution in [3.05, 3.63) is 59.4 Å². The zero-order chi connectivity index (χ0) is 32.0. The van der Waals surface area contributed by atoms with Crippen molar-refractivity contribution in [2.75, 3.05) is 19.8 Å². The molecule has 2 saturated heterocycles. The maximum absolute atomic E-state index is 15.8. The number of alkyl carbamates (subject to hydrolysis) is 1. The summed E-state index contributed by atoms with van der Waals surface area (Å²) >= 11 is 0. The van der Waals surface area contributed by atoms with Gasteiger partial charge in [-0.1, -0.05) is 18.2 Å². The van der Waals surface area contributed by atoms with Gasteiger partial charge in [0.2, 0.25) is 9.92 Å². The van der Waals surface area contributed by atoms with Gasteiger partial charge in [-0.2, -0.15) is 13.2 Å². The van der Waals surface area contributed by atoms with E-state index in [9.17, 15) is 35.8 Å². The van der Waals surface area contributed by atoms with E-state index in [-0.39, 0.29) is 42.9 Å². The number of hydrogen-bond donors (Lipinski definition) is 3. The number of carbonyl (C=O) groups excluding carboxylic acids is 2. The summed E-state index contributed by atoms with van der Waals surface area (Å²) in [5.41, 5.74) is -8.45. The van der Waals surface area contributed by atoms with Gasteiger partial charge >= 0.3 is 11.6 Å². The molecule has 0 spiro atoms. The van der Waals surface area contributed by atoms with Gasteiger partial charge in [0.15, 0.2) is 5.54 Å². The first-order valence-corrected chi connectivity index (χ1v) is 14.6. The van der Waals surface area contributed by atoms with E-state index in [1.807, 2.05) is 0 Å². The van der Waals surface area contributed by atoms with Crippen molar-refractivity contribution in [1.82, 2.24) is 14.9 Å². The molecule has 2 aliphatic heterocycles. The average molecular weight is 637 g/mol. The lowest BCUT2D eigenvalue weighted by Gasteiger charge is -2.44. The molecule has 236 valence electrons. The smallest absolute Gasteiger partial charge is 0.444 e. The van der Waals surface area contributed by atoms with Gasteiger partial charge in [0.05, 0.1) is 19.3 Å². The number of carbonyl (C=O) groups is 2. The van der Waals surface area contributed by atoms with Crippen LogP contribution >= 0.6 is 0 Å². The summed E-state index contributed by atoms with van der Waals surface area (Å²) in [4.78, 5) is 27.5. The van der Waals surface area contributed by atoms with Crippen molar-refractivity contribution in [2.45, 2.75) is 62.3 Å². The Bertz CT molecular complexity index is 1490. The number of nitrogens with zero attached hydrogens (tertiary/aromatic N) is 1. The molecule has 3 atom stereocenters. The molecule has 0 saturated carbocycles. The van der Waals surface area contributed by atoms with Crippen LogP contribution in [0, 0.1) is 22.2 Å². The summed E-state index contributed by atoms with van der Waals surface area (Å²) in [6.07, 6.45) is -1.57. The molecule has 2 aromatic rings. The lowest BCUT2D eigenvalue weighted by Crippen LogP contribution is -2.71. The molecule has 43 heavy (non-hydrogen) atoms. The molecule has 0 bridgehead atoms. The first kappa shape index (κ1) is 32.5. The quantitative estimate of drug-likeness (QED) is 0.383. The van der Waals surface area contributed by atoms with Crippen molar-refractivity contribution in [2.24, 2.45) is 0 Å². The maximum Gasteiger partial charge on any atom is 0.492 e. The second kappa shape index (κ2) is 11.6. The summed E-state index contributed by atoms with van der Waals surface area (Å²) < 4.78 is 116. The summed E-state index contributed by atoms with van der Waals surface area (Å²) in [5.74, 6) is -3.62. The molecule has 2 heterocycles. The standard InChI is InChI=1S/C27H30F6N4O5S/c1-25(2,3)42-24(39)35-26(13-41-14-26)23(38)37-8-7-20(36-43(34,40)27(31,32)33)21(37)11-15-5-4-6-19(22(15)30)16-9-17(28)12-18(29)10-16/h4-6,9-10,12,20-21H,7-8,11,13-14H2,1-3H3,(H,35,39)(H2,34,36,40)/t20-,21-,43?/m0/s1. The number of rotatable bonds is 7. The number of ether oxygens (including phenoxy) is 2. The summed E-state index contributed by atoms with van der Waals surface area (Å²) in [6.45, 7) is 4.06. The fraction of sp³-hybridized carbons (Fsp3) is 0.481. The largest absolute Gasteiger partial charge is 0.492 e. The normalized spacial score (nSPS) is 21.6. The van der Waals surface area contributed by atoms with Crippen LogP contribution in [0.5, 0.6) is 0 Å². The van der Waals surface area contributed by atoms with Crippen LogP contribution < -0.4 is 10.0 Å². The maximum atomic E-state index is 15.8. The second-order valence-electron chi connectivity index (χ2n) is 11.4. The van der Waals surface area contributed by atoms with E-state index in [2.05, 4.69) is 5.32 Å². The number of alkyl halides is 3. The van der Waals surface area contributed by atoms with Crippen LogP contribution in [0.4, 0.5) is 31.1 Å². The van der Waals surface area contributed by atoms with E-state index in [0.29, 0.717) is 6.07 Å². The van der Waals surface area contributed by atoms with Crippen molar-refractivity contribution < 1.29 is 49.6 Å². The van der Waals surface area contributed by atoms with Gasteiger partial charge in [-0.15, -0.1) is 0 Å². The lowest BCUT2D eigenvalue weighted by atomic mass is 9.92. The number of benzene rings is 2. The molecule has 2 aliphatic rings. The molecule has 2 fully saturated rings. The minimum Gasteiger partial charge on any atom is -0.444 e. The number of halogens is 6. The van der Waals surface area contributed by atoms with Crippen LogP contribution in [0.15, 0.2) is 36.4 Å². The van der Waals surface area contributed by atoms with Crippen LogP contribution in [0.2, 0.25) is 0 Å². The second-order valence-corrected chi connectivity index (χ2v) is 13.2. The molecule has 4 rings (SSSR count). The molecule has 9 nitrogen and oxygen atoms in total. The Morgan fingerprint density at radius 1 is 1.12 bits per heavy atom. The highest BCUT2D eigenvalue weighted by atomic mass is 32.2. The molecular formula is C27H30F6N4O5S. The van der Waals surface area contributed by atoms with E-state index < -0.39 is 74.5 Å². The monoisotopic (exact) mass is 636 g/mol. The van der Waals surface area contributed by atoms with E-state index in [4.69, 9.17) is 14.3 Å². The minimum atomic E-state index is -5.44. The van der Waals surface area contributed by atoms with Crippen LogP contribution in [0.25, 0.3) is 11.1 Å². The number of amides is 2. The van der Waals surface area contributed by atoms with Gasteiger partial charge in [-0.05, 0) is 56.9 Å². The zero-order valence-electron chi connectivity index (χ0n) is 23.3. The summed E-state index contributed by atoms with van der Waals surface area (Å²) in [5, 5.41) is 2.47. The molecule has 0 aromatic heterocycles. The average Bonchev–Trinajstić information content (AvgIpc) is 3.21. The Morgan fingerprint density at radius 3 is 2.28 bits per heavy atom. The van der Waals surface area contributed by atoms with Crippen LogP contribution in [-0.4, -0.2) is 69.6 Å². The van der Waals surface area contributed by atoms with Gasteiger partial charge < -0.3 is 19.7 Å². The van der Waals surface area contributed by atoms with Crippen LogP contribution in [-0.2, 0) is 30.6 Å². The van der Waals surface area contributed by atoms with Crippen LogP contribution in [0.3, 0.4) is 0 Å². The predicted octanol–water partition coefficient (Wildman–Crippen LogP) is 4.65. The fourth-order valence-corrected chi connectivity index (χ4v) is 5.83. The number of hydrogen-bond acceptors (Lipinski definition) is 6. The van der Waals surface area contributed by atoms with E-state index in [1.54, 1.807) is 25.5 Å². The third kappa shape index (κ3) is 7.07. The Morgan fingerprint density at radius 2 is 1.74 bits per heavy atom. The molecular weight excluding hydrogens is 606 g/mol. The van der Waals surface area contributed by atoms with E-state index in [0.717, 1.165) is 17.0 Å². The number of nitrogens with one attached hydrogen (secondary N) is 3. The van der Waals surface area contributed by atoms with Gasteiger partial charge in [0.25, 0.3) is 5.91 Å². The molecule has 2 aromatic carbocycles. The highest BCUT2D eigenvalue weighted by Crippen LogP contribution is 2.33. The van der Waals surface area contributed by atoms with Crippen molar-refractivity contribution in [3.8, 4) is 11.1 Å². The first-order chi connectivity index (χ1) is 19.8. The molecule has 0 radical (unpaired) electrons. The fourth-order valence-electron chi connectivity index (χ4n) is 5.00. The predicted molar refractivity (Wildman–Crippen MR) is 142 cm³/mol. The lowest BCUT2D eigenvalue weighted by molar-refractivity contribution is -0.159. The highest BCUT2D eigenvalue weighted by molar-refractivity contribution is 7.91. The molecule has 1 unspecified atom stereocenters. The third-order valence-electron chi connectivity index (χ3n) is 6.98. The molecule has 2 amide bonds. The van der Waals surface area contributed by atoms with E-state index >= 15 is 4.39 Å². The van der Waals surface area contributed by atoms with Gasteiger partial charge in [-0.3, -0.25) is 4.79 Å². The molecule has 3 N–H and O–H groups in total. The Kier molecular flexibility index (Phi) is 8.79. The molecule has 0 aliphatic carbocycles. The van der Waals surface area contributed by atoms with Gasteiger partial charge in [0, 0.05) is 24.2 Å². The molecule has 16 heteroatoms. The zero-order valence-corrected chi connectivity index (χ0v) is 24.1. The summed E-state index contributed by atoms with van der Waals surface area (Å²) in [7, 11) is -5.37. The SMILES string of the molecule is CC(C)(C)OC(=O)NC1(C(=O)N2CC[C@H](NS(=N)(=O)C(F)(F)F)[C@@H]2Cc2cccc(-c3cc(F)cc(F)c3)c2F)COC1. The van der Waals surface area contributed by atoms with E-state index in [1.165, 1.54) is 18.2 Å². The first-order valence-electron chi connectivity index (χ1n) is 13.1. The van der Waals surface area contributed by atoms with Gasteiger partial charge in [-0.25, -0.2) is 31.7 Å². The Hall–Kier alpha value is -3.37. The van der Waals surface area contributed by atoms with Crippen molar-refractivity contribution in [1.29, 1.82) is 4.78 Å².